The maximum Gasteiger partial charge on any atom is 0.315 e. The van der Waals surface area contributed by atoms with E-state index in [2.05, 4.69) is 16.6 Å². The van der Waals surface area contributed by atoms with E-state index in [1.165, 1.54) is 0 Å². The van der Waals surface area contributed by atoms with Gasteiger partial charge < -0.3 is 15.7 Å². The number of amides is 2. The number of terminal acetylenes is 1. The number of carbonyl (C=O) groups excluding carboxylic acids is 1. The van der Waals surface area contributed by atoms with E-state index < -0.39 is 5.97 Å². The highest BCUT2D eigenvalue weighted by molar-refractivity contribution is 5.74. The standard InChI is InChI=1S/C13H22N2O3/c1-4-7-11(6-3)15-13(18)14-9-10(5-2)8-12(16)17/h3,10-11H,4-5,7-9H2,1-2H3,(H,16,17)(H2,14,15,18). The summed E-state index contributed by atoms with van der Waals surface area (Å²) in [5.41, 5.74) is 0. The summed E-state index contributed by atoms with van der Waals surface area (Å²) in [4.78, 5) is 22.1. The van der Waals surface area contributed by atoms with Gasteiger partial charge in [0.05, 0.1) is 6.04 Å². The number of urea groups is 1. The second-order valence-electron chi connectivity index (χ2n) is 4.23. The molecule has 0 aromatic heterocycles. The Hall–Kier alpha value is -1.70. The van der Waals surface area contributed by atoms with Gasteiger partial charge in [0, 0.05) is 13.0 Å². The largest absolute Gasteiger partial charge is 0.481 e. The monoisotopic (exact) mass is 254 g/mol. The van der Waals surface area contributed by atoms with Crippen LogP contribution in [0.1, 0.15) is 39.5 Å². The van der Waals surface area contributed by atoms with Crippen LogP contribution >= 0.6 is 0 Å². The van der Waals surface area contributed by atoms with Crippen molar-refractivity contribution in [3.05, 3.63) is 0 Å². The number of rotatable bonds is 8. The smallest absolute Gasteiger partial charge is 0.315 e. The van der Waals surface area contributed by atoms with E-state index in [0.29, 0.717) is 13.0 Å². The topological polar surface area (TPSA) is 78.4 Å². The molecule has 102 valence electrons. The van der Waals surface area contributed by atoms with Gasteiger partial charge in [-0.15, -0.1) is 6.42 Å². The summed E-state index contributed by atoms with van der Waals surface area (Å²) in [5.74, 6) is 1.60. The first kappa shape index (κ1) is 16.3. The number of nitrogens with one attached hydrogen (secondary N) is 2. The minimum atomic E-state index is -0.850. The van der Waals surface area contributed by atoms with Gasteiger partial charge in [0.15, 0.2) is 0 Å². The summed E-state index contributed by atoms with van der Waals surface area (Å²) in [6, 6.07) is -0.607. The number of carbonyl (C=O) groups is 2. The van der Waals surface area contributed by atoms with Crippen LogP contribution in [0, 0.1) is 18.3 Å². The molecule has 5 nitrogen and oxygen atoms in total. The molecule has 0 saturated heterocycles. The Morgan fingerprint density at radius 1 is 1.39 bits per heavy atom. The minimum Gasteiger partial charge on any atom is -0.481 e. The molecule has 3 N–H and O–H groups in total. The highest BCUT2D eigenvalue weighted by Gasteiger charge is 2.13. The van der Waals surface area contributed by atoms with Crippen LogP contribution in [-0.4, -0.2) is 29.7 Å². The van der Waals surface area contributed by atoms with Gasteiger partial charge in [0.2, 0.25) is 0 Å². The summed E-state index contributed by atoms with van der Waals surface area (Å²) in [6.07, 6.45) is 7.68. The third kappa shape index (κ3) is 7.55. The van der Waals surface area contributed by atoms with E-state index in [0.717, 1.165) is 12.8 Å². The molecule has 0 aromatic rings. The molecular formula is C13H22N2O3. The van der Waals surface area contributed by atoms with E-state index in [1.807, 2.05) is 13.8 Å². The molecule has 0 spiro atoms. The third-order valence-corrected chi connectivity index (χ3v) is 2.68. The molecule has 0 bridgehead atoms. The molecule has 0 aliphatic heterocycles. The zero-order chi connectivity index (χ0) is 14.0. The molecule has 2 atom stereocenters. The van der Waals surface area contributed by atoms with Gasteiger partial charge in [0.1, 0.15) is 0 Å². The van der Waals surface area contributed by atoms with E-state index in [9.17, 15) is 9.59 Å². The zero-order valence-electron chi connectivity index (χ0n) is 11.0. The summed E-state index contributed by atoms with van der Waals surface area (Å²) < 4.78 is 0. The molecule has 0 aliphatic rings. The first-order chi connectivity index (χ1) is 8.53. The highest BCUT2D eigenvalue weighted by atomic mass is 16.4. The molecule has 18 heavy (non-hydrogen) atoms. The van der Waals surface area contributed by atoms with Crippen molar-refractivity contribution in [1.82, 2.24) is 10.6 Å². The molecule has 0 aromatic carbocycles. The molecule has 0 rings (SSSR count). The lowest BCUT2D eigenvalue weighted by atomic mass is 10.0. The Balaban J connectivity index is 4.01. The van der Waals surface area contributed by atoms with Gasteiger partial charge in [0.25, 0.3) is 0 Å². The van der Waals surface area contributed by atoms with Crippen molar-refractivity contribution in [2.24, 2.45) is 5.92 Å². The first-order valence-electron chi connectivity index (χ1n) is 6.25. The second kappa shape index (κ2) is 9.34. The van der Waals surface area contributed by atoms with Crippen LogP contribution in [0.15, 0.2) is 0 Å². The molecule has 0 radical (unpaired) electrons. The van der Waals surface area contributed by atoms with E-state index in [-0.39, 0.29) is 24.4 Å². The molecule has 2 unspecified atom stereocenters. The fourth-order valence-electron chi connectivity index (χ4n) is 1.54. The lowest BCUT2D eigenvalue weighted by molar-refractivity contribution is -0.138. The van der Waals surface area contributed by atoms with Gasteiger partial charge in [-0.2, -0.15) is 0 Å². The maximum atomic E-state index is 11.5. The maximum absolute atomic E-state index is 11.5. The van der Waals surface area contributed by atoms with Crippen LogP contribution < -0.4 is 10.6 Å². The minimum absolute atomic E-state index is 0.0521. The number of carboxylic acids is 1. The van der Waals surface area contributed by atoms with Crippen LogP contribution in [-0.2, 0) is 4.79 Å². The average Bonchev–Trinajstić information content (AvgIpc) is 2.33. The Kier molecular flexibility index (Phi) is 8.46. The van der Waals surface area contributed by atoms with Crippen molar-refractivity contribution in [2.75, 3.05) is 6.54 Å². The van der Waals surface area contributed by atoms with Crippen molar-refractivity contribution < 1.29 is 14.7 Å². The molecule has 0 saturated carbocycles. The highest BCUT2D eigenvalue weighted by Crippen LogP contribution is 2.06. The predicted molar refractivity (Wildman–Crippen MR) is 70.1 cm³/mol. The quantitative estimate of drug-likeness (QED) is 0.575. The van der Waals surface area contributed by atoms with Crippen LogP contribution in [0.4, 0.5) is 4.79 Å². The SMILES string of the molecule is C#CC(CCC)NC(=O)NCC(CC)CC(=O)O. The van der Waals surface area contributed by atoms with Crippen molar-refractivity contribution in [2.45, 2.75) is 45.6 Å². The Labute approximate surface area is 108 Å². The molecule has 2 amide bonds. The third-order valence-electron chi connectivity index (χ3n) is 2.68. The van der Waals surface area contributed by atoms with Crippen molar-refractivity contribution in [3.8, 4) is 12.3 Å². The molecule has 0 aliphatic carbocycles. The fourth-order valence-corrected chi connectivity index (χ4v) is 1.54. The second-order valence-corrected chi connectivity index (χ2v) is 4.23. The predicted octanol–water partition coefficient (Wildman–Crippen LogP) is 1.59. The molecule has 0 heterocycles. The molecular weight excluding hydrogens is 232 g/mol. The fraction of sp³-hybridized carbons (Fsp3) is 0.692. The first-order valence-corrected chi connectivity index (χ1v) is 6.25. The van der Waals surface area contributed by atoms with Crippen LogP contribution in [0.5, 0.6) is 0 Å². The molecule has 5 heteroatoms. The van der Waals surface area contributed by atoms with Gasteiger partial charge >= 0.3 is 12.0 Å². The lowest BCUT2D eigenvalue weighted by Crippen LogP contribution is -2.43. The van der Waals surface area contributed by atoms with E-state index >= 15 is 0 Å². The molecule has 0 fully saturated rings. The zero-order valence-corrected chi connectivity index (χ0v) is 11.0. The van der Waals surface area contributed by atoms with Gasteiger partial charge in [-0.25, -0.2) is 4.79 Å². The Morgan fingerprint density at radius 3 is 2.50 bits per heavy atom. The summed E-state index contributed by atoms with van der Waals surface area (Å²) in [7, 11) is 0. The summed E-state index contributed by atoms with van der Waals surface area (Å²) >= 11 is 0. The number of hydrogen-bond acceptors (Lipinski definition) is 2. The number of hydrogen-bond donors (Lipinski definition) is 3. The van der Waals surface area contributed by atoms with Crippen molar-refractivity contribution in [3.63, 3.8) is 0 Å². The number of carboxylic acid groups (broad SMARTS) is 1. The summed E-state index contributed by atoms with van der Waals surface area (Å²) in [5, 5.41) is 14.0. The van der Waals surface area contributed by atoms with Gasteiger partial charge in [-0.1, -0.05) is 32.6 Å². The van der Waals surface area contributed by atoms with Crippen molar-refractivity contribution >= 4 is 12.0 Å². The van der Waals surface area contributed by atoms with E-state index in [1.54, 1.807) is 0 Å². The van der Waals surface area contributed by atoms with Crippen LogP contribution in [0.2, 0.25) is 0 Å². The van der Waals surface area contributed by atoms with Crippen LogP contribution in [0.25, 0.3) is 0 Å². The van der Waals surface area contributed by atoms with Crippen molar-refractivity contribution in [1.29, 1.82) is 0 Å². The lowest BCUT2D eigenvalue weighted by Gasteiger charge is -2.16. The Bertz CT molecular complexity index is 310. The normalized spacial score (nSPS) is 13.2. The van der Waals surface area contributed by atoms with Crippen LogP contribution in [0.3, 0.4) is 0 Å². The van der Waals surface area contributed by atoms with E-state index in [4.69, 9.17) is 11.5 Å². The Morgan fingerprint density at radius 2 is 2.06 bits per heavy atom. The number of aliphatic carboxylic acids is 1. The average molecular weight is 254 g/mol. The summed E-state index contributed by atoms with van der Waals surface area (Å²) in [6.45, 7) is 4.23. The van der Waals surface area contributed by atoms with Gasteiger partial charge in [-0.05, 0) is 12.3 Å². The van der Waals surface area contributed by atoms with Gasteiger partial charge in [-0.3, -0.25) is 4.79 Å².